The number of halogens is 1. The van der Waals surface area contributed by atoms with Crippen LogP contribution in [-0.4, -0.2) is 26.2 Å². The monoisotopic (exact) mass is 355 g/mol. The molecule has 0 bridgehead atoms. The van der Waals surface area contributed by atoms with Crippen molar-refractivity contribution in [2.75, 3.05) is 0 Å². The number of benzene rings is 2. The lowest BCUT2D eigenvalue weighted by atomic mass is 10.0. The number of rotatable bonds is 5. The van der Waals surface area contributed by atoms with Gasteiger partial charge in [0.15, 0.2) is 11.6 Å². The molecule has 0 spiro atoms. The van der Waals surface area contributed by atoms with Gasteiger partial charge >= 0.3 is 0 Å². The van der Waals surface area contributed by atoms with Crippen LogP contribution in [-0.2, 0) is 0 Å². The average Bonchev–Trinajstić information content (AvgIpc) is 3.05. The predicted molar refractivity (Wildman–Crippen MR) is 97.3 cm³/mol. The molecule has 1 N–H and O–H groups in total. The lowest BCUT2D eigenvalue weighted by molar-refractivity contribution is 0.0993. The minimum atomic E-state index is -0.366. The molecule has 128 valence electrons. The van der Waals surface area contributed by atoms with E-state index in [0.29, 0.717) is 22.1 Å². The summed E-state index contributed by atoms with van der Waals surface area (Å²) in [6, 6.07) is 12.2. The van der Waals surface area contributed by atoms with E-state index in [1.165, 1.54) is 17.8 Å². The fourth-order valence-corrected chi connectivity index (χ4v) is 3.30. The highest BCUT2D eigenvalue weighted by atomic mass is 32.2. The standard InChI is InChI=1S/C19H18FN3OS/c1-11-8-9-12(2)15(10-11)17(24)13(3)25-19-21-18(22-23-19)14-6-4-5-7-16(14)20/h4-10,13H,1-3H3,(H,21,22,23). The number of hydrogen-bond acceptors (Lipinski definition) is 4. The molecule has 0 aliphatic carbocycles. The average molecular weight is 355 g/mol. The Morgan fingerprint density at radius 2 is 1.96 bits per heavy atom. The quantitative estimate of drug-likeness (QED) is 0.537. The highest BCUT2D eigenvalue weighted by Crippen LogP contribution is 2.26. The summed E-state index contributed by atoms with van der Waals surface area (Å²) in [5.74, 6) is 0.0186. The van der Waals surface area contributed by atoms with Crippen LogP contribution >= 0.6 is 11.8 Å². The first-order valence-corrected chi connectivity index (χ1v) is 8.79. The van der Waals surface area contributed by atoms with Gasteiger partial charge in [0.05, 0.1) is 10.8 Å². The molecule has 0 aliphatic rings. The van der Waals surface area contributed by atoms with Crippen molar-refractivity contribution in [3.63, 3.8) is 0 Å². The van der Waals surface area contributed by atoms with Crippen molar-refractivity contribution in [1.29, 1.82) is 0 Å². The zero-order chi connectivity index (χ0) is 18.0. The summed E-state index contributed by atoms with van der Waals surface area (Å²) in [7, 11) is 0. The van der Waals surface area contributed by atoms with Gasteiger partial charge in [0, 0.05) is 5.56 Å². The molecule has 3 aromatic rings. The van der Waals surface area contributed by atoms with Crippen molar-refractivity contribution < 1.29 is 9.18 Å². The van der Waals surface area contributed by atoms with Crippen LogP contribution in [0.4, 0.5) is 4.39 Å². The molecule has 1 unspecified atom stereocenters. The van der Waals surface area contributed by atoms with Crippen LogP contribution in [0.3, 0.4) is 0 Å². The number of H-pyrrole nitrogens is 1. The Labute approximate surface area is 149 Å². The van der Waals surface area contributed by atoms with E-state index < -0.39 is 0 Å². The van der Waals surface area contributed by atoms with Crippen LogP contribution in [0.5, 0.6) is 0 Å². The fraction of sp³-hybridized carbons (Fsp3) is 0.211. The van der Waals surface area contributed by atoms with Gasteiger partial charge in [-0.15, -0.1) is 5.10 Å². The van der Waals surface area contributed by atoms with E-state index in [1.54, 1.807) is 18.2 Å². The van der Waals surface area contributed by atoms with Gasteiger partial charge in [-0.1, -0.05) is 41.6 Å². The Morgan fingerprint density at radius 3 is 2.72 bits per heavy atom. The fourth-order valence-electron chi connectivity index (χ4n) is 2.50. The van der Waals surface area contributed by atoms with Crippen molar-refractivity contribution >= 4 is 17.5 Å². The maximum Gasteiger partial charge on any atom is 0.209 e. The van der Waals surface area contributed by atoms with Crippen LogP contribution < -0.4 is 0 Å². The maximum atomic E-state index is 13.8. The SMILES string of the molecule is Cc1ccc(C)c(C(=O)C(C)Sc2n[nH]c(-c3ccccc3F)n2)c1. The molecule has 4 nitrogen and oxygen atoms in total. The molecule has 2 aromatic carbocycles. The molecule has 1 aromatic heterocycles. The first-order chi connectivity index (χ1) is 12.0. The van der Waals surface area contributed by atoms with Gasteiger partial charge in [-0.05, 0) is 44.5 Å². The number of nitrogens with zero attached hydrogens (tertiary/aromatic N) is 2. The summed E-state index contributed by atoms with van der Waals surface area (Å²) in [6.07, 6.45) is 0. The van der Waals surface area contributed by atoms with Gasteiger partial charge in [0.25, 0.3) is 0 Å². The number of aromatic amines is 1. The third kappa shape index (κ3) is 3.79. The van der Waals surface area contributed by atoms with Crippen molar-refractivity contribution in [3.05, 3.63) is 65.0 Å². The number of aryl methyl sites for hydroxylation is 2. The molecule has 0 amide bonds. The van der Waals surface area contributed by atoms with Crippen molar-refractivity contribution in [1.82, 2.24) is 15.2 Å². The second-order valence-electron chi connectivity index (χ2n) is 5.89. The molecule has 0 aliphatic heterocycles. The smallest absolute Gasteiger partial charge is 0.209 e. The number of Topliss-reactive ketones (excluding diaryl/α,β-unsaturated/α-hetero) is 1. The summed E-state index contributed by atoms with van der Waals surface area (Å²) in [5, 5.41) is 6.91. The third-order valence-electron chi connectivity index (χ3n) is 3.90. The number of aromatic nitrogens is 3. The van der Waals surface area contributed by atoms with Gasteiger partial charge in [-0.25, -0.2) is 9.37 Å². The molecular weight excluding hydrogens is 337 g/mol. The van der Waals surface area contributed by atoms with Crippen LogP contribution in [0.1, 0.15) is 28.4 Å². The Balaban J connectivity index is 1.78. The highest BCUT2D eigenvalue weighted by molar-refractivity contribution is 8.00. The van der Waals surface area contributed by atoms with Crippen LogP contribution in [0.25, 0.3) is 11.4 Å². The van der Waals surface area contributed by atoms with Crippen LogP contribution in [0, 0.1) is 19.7 Å². The van der Waals surface area contributed by atoms with E-state index >= 15 is 0 Å². The first-order valence-electron chi connectivity index (χ1n) is 7.91. The van der Waals surface area contributed by atoms with E-state index in [0.717, 1.165) is 11.1 Å². The second-order valence-corrected chi connectivity index (χ2v) is 7.20. The lowest BCUT2D eigenvalue weighted by Crippen LogP contribution is -2.15. The number of carbonyl (C=O) groups excluding carboxylic acids is 1. The number of ketones is 1. The topological polar surface area (TPSA) is 58.6 Å². The van der Waals surface area contributed by atoms with E-state index in [-0.39, 0.29) is 16.9 Å². The Kier molecular flexibility index (Phi) is 4.99. The van der Waals surface area contributed by atoms with E-state index in [1.807, 2.05) is 39.0 Å². The van der Waals surface area contributed by atoms with E-state index in [2.05, 4.69) is 15.2 Å². The van der Waals surface area contributed by atoms with Crippen molar-refractivity contribution in [3.8, 4) is 11.4 Å². The van der Waals surface area contributed by atoms with E-state index in [9.17, 15) is 9.18 Å². The molecule has 1 atom stereocenters. The molecule has 25 heavy (non-hydrogen) atoms. The molecule has 3 rings (SSSR count). The summed E-state index contributed by atoms with van der Waals surface area (Å²) in [5.41, 5.74) is 3.07. The van der Waals surface area contributed by atoms with Gasteiger partial charge in [0.2, 0.25) is 5.16 Å². The summed E-state index contributed by atoms with van der Waals surface area (Å²) >= 11 is 1.26. The van der Waals surface area contributed by atoms with Crippen LogP contribution in [0.15, 0.2) is 47.6 Å². The summed E-state index contributed by atoms with van der Waals surface area (Å²) in [6.45, 7) is 5.71. The zero-order valence-electron chi connectivity index (χ0n) is 14.2. The molecule has 0 radical (unpaired) electrons. The predicted octanol–water partition coefficient (Wildman–Crippen LogP) is 4.59. The Bertz CT molecular complexity index is 923. The number of carbonyl (C=O) groups is 1. The molecule has 6 heteroatoms. The molecule has 0 fully saturated rings. The second kappa shape index (κ2) is 7.19. The number of thioether (sulfide) groups is 1. The molecule has 0 saturated heterocycles. The van der Waals surface area contributed by atoms with Crippen LogP contribution in [0.2, 0.25) is 0 Å². The maximum absolute atomic E-state index is 13.8. The van der Waals surface area contributed by atoms with Gasteiger partial charge in [-0.2, -0.15) is 0 Å². The first kappa shape index (κ1) is 17.4. The molecule has 0 saturated carbocycles. The Morgan fingerprint density at radius 1 is 1.20 bits per heavy atom. The zero-order valence-corrected chi connectivity index (χ0v) is 15.0. The van der Waals surface area contributed by atoms with Gasteiger partial charge in [0.1, 0.15) is 5.82 Å². The Hall–Kier alpha value is -2.47. The highest BCUT2D eigenvalue weighted by Gasteiger charge is 2.21. The minimum Gasteiger partial charge on any atom is -0.293 e. The van der Waals surface area contributed by atoms with Crippen molar-refractivity contribution in [2.24, 2.45) is 0 Å². The van der Waals surface area contributed by atoms with Crippen molar-refractivity contribution in [2.45, 2.75) is 31.2 Å². The minimum absolute atomic E-state index is 0.0310. The lowest BCUT2D eigenvalue weighted by Gasteiger charge is -2.11. The normalized spacial score (nSPS) is 12.2. The third-order valence-corrected chi connectivity index (χ3v) is 4.86. The molecule has 1 heterocycles. The molecular formula is C19H18FN3OS. The van der Waals surface area contributed by atoms with Gasteiger partial charge in [-0.3, -0.25) is 9.89 Å². The summed E-state index contributed by atoms with van der Waals surface area (Å²) in [4.78, 5) is 17.0. The number of nitrogens with one attached hydrogen (secondary N) is 1. The largest absolute Gasteiger partial charge is 0.293 e. The number of hydrogen-bond donors (Lipinski definition) is 1. The summed E-state index contributed by atoms with van der Waals surface area (Å²) < 4.78 is 13.8. The van der Waals surface area contributed by atoms with Gasteiger partial charge < -0.3 is 0 Å². The van der Waals surface area contributed by atoms with E-state index in [4.69, 9.17) is 0 Å².